The Bertz CT molecular complexity index is 1110. The second-order valence-corrected chi connectivity index (χ2v) is 10.7. The summed E-state index contributed by atoms with van der Waals surface area (Å²) in [5.41, 5.74) is 3.57. The fraction of sp³-hybridized carbons (Fsp3) is 0.533. The lowest BCUT2D eigenvalue weighted by Crippen LogP contribution is -2.31. The zero-order valence-corrected chi connectivity index (χ0v) is 22.0. The topological polar surface area (TPSA) is 61.6 Å². The highest BCUT2D eigenvalue weighted by atomic mass is 19.1. The van der Waals surface area contributed by atoms with Crippen molar-refractivity contribution in [1.82, 2.24) is 19.4 Å². The van der Waals surface area contributed by atoms with E-state index in [0.29, 0.717) is 12.0 Å². The van der Waals surface area contributed by atoms with Crippen LogP contribution in [0.2, 0.25) is 0 Å². The molecule has 1 atom stereocenters. The number of halogens is 1. The van der Waals surface area contributed by atoms with Crippen LogP contribution < -0.4 is 0 Å². The number of aromatic nitrogens is 2. The molecule has 1 unspecified atom stereocenters. The average molecular weight is 509 g/mol. The van der Waals surface area contributed by atoms with Crippen LogP contribution in [0, 0.1) is 11.7 Å². The Morgan fingerprint density at radius 1 is 1.03 bits per heavy atom. The monoisotopic (exact) mass is 508 g/mol. The number of nitrogens with zero attached hydrogens (tertiary/aromatic N) is 4. The van der Waals surface area contributed by atoms with Gasteiger partial charge >= 0.3 is 0 Å². The normalized spacial score (nSPS) is 21.0. The molecule has 3 fully saturated rings. The van der Waals surface area contributed by atoms with Crippen molar-refractivity contribution in [3.63, 3.8) is 0 Å². The van der Waals surface area contributed by atoms with E-state index in [9.17, 15) is 4.39 Å². The van der Waals surface area contributed by atoms with Gasteiger partial charge in [-0.05, 0) is 101 Å². The standard InChI is InChI=1S/C16H22FN.C13H17N3.CH2O2/c17-16-6-2-5-14(11-16)15-8-10-18(12-15)9-7-13-3-1-4-13;1-15-8-6-11(7-9-15)16-10-14-12-4-2-3-5-13(12)16;2-1-3/h2,5-6,11,13,15H,1,3-4,7-10,12H2;2-5,10-11H,6-9H2,1H3;1H,(H,2,3). The summed E-state index contributed by atoms with van der Waals surface area (Å²) in [6, 6.07) is 16.2. The van der Waals surface area contributed by atoms with E-state index in [4.69, 9.17) is 9.90 Å². The third kappa shape index (κ3) is 7.62. The van der Waals surface area contributed by atoms with Gasteiger partial charge in [0.25, 0.3) is 6.47 Å². The minimum atomic E-state index is -0.250. The maximum atomic E-state index is 13.2. The first-order chi connectivity index (χ1) is 18.1. The molecular formula is C30H41FN4O2. The molecule has 0 spiro atoms. The van der Waals surface area contributed by atoms with Crippen LogP contribution in [0.25, 0.3) is 11.0 Å². The second-order valence-electron chi connectivity index (χ2n) is 10.7. The third-order valence-corrected chi connectivity index (χ3v) is 8.23. The predicted molar refractivity (Wildman–Crippen MR) is 146 cm³/mol. The second kappa shape index (κ2) is 13.7. The van der Waals surface area contributed by atoms with Crippen molar-refractivity contribution < 1.29 is 14.3 Å². The van der Waals surface area contributed by atoms with Crippen molar-refractivity contribution in [2.75, 3.05) is 39.8 Å². The van der Waals surface area contributed by atoms with Crippen LogP contribution in [0.15, 0.2) is 54.9 Å². The molecule has 2 aliphatic heterocycles. The smallest absolute Gasteiger partial charge is 0.290 e. The lowest BCUT2D eigenvalue weighted by Gasteiger charge is -2.30. The molecule has 1 aromatic heterocycles. The number of carbonyl (C=O) groups is 1. The van der Waals surface area contributed by atoms with Crippen LogP contribution in [-0.2, 0) is 4.79 Å². The lowest BCUT2D eigenvalue weighted by atomic mass is 9.83. The highest BCUT2D eigenvalue weighted by Gasteiger charge is 2.25. The van der Waals surface area contributed by atoms with Gasteiger partial charge in [0.1, 0.15) is 5.82 Å². The molecule has 3 aromatic rings. The average Bonchev–Trinajstić information content (AvgIpc) is 3.52. The number of para-hydroxylation sites is 2. The molecular weight excluding hydrogens is 467 g/mol. The molecule has 1 saturated carbocycles. The molecule has 6 nitrogen and oxygen atoms in total. The number of imidazole rings is 1. The Hall–Kier alpha value is -2.77. The van der Waals surface area contributed by atoms with Crippen LogP contribution in [0.1, 0.15) is 62.5 Å². The van der Waals surface area contributed by atoms with Crippen LogP contribution in [0.3, 0.4) is 0 Å². The van der Waals surface area contributed by atoms with Gasteiger partial charge in [-0.15, -0.1) is 0 Å². The molecule has 0 radical (unpaired) electrons. The van der Waals surface area contributed by atoms with E-state index < -0.39 is 0 Å². The molecule has 3 aliphatic rings. The van der Waals surface area contributed by atoms with E-state index in [0.717, 1.165) is 18.0 Å². The zero-order chi connectivity index (χ0) is 26.0. The summed E-state index contributed by atoms with van der Waals surface area (Å²) < 4.78 is 15.6. The van der Waals surface area contributed by atoms with Crippen LogP contribution >= 0.6 is 0 Å². The quantitative estimate of drug-likeness (QED) is 0.441. The first-order valence-corrected chi connectivity index (χ1v) is 13.7. The van der Waals surface area contributed by atoms with Crippen molar-refractivity contribution in [2.45, 2.75) is 56.9 Å². The van der Waals surface area contributed by atoms with Crippen LogP contribution in [0.4, 0.5) is 4.39 Å². The number of rotatable bonds is 5. The number of piperidine rings is 1. The van der Waals surface area contributed by atoms with E-state index in [1.165, 1.54) is 88.3 Å². The van der Waals surface area contributed by atoms with Crippen molar-refractivity contribution in [2.24, 2.45) is 5.92 Å². The van der Waals surface area contributed by atoms with Gasteiger partial charge in [0, 0.05) is 12.6 Å². The fourth-order valence-corrected chi connectivity index (χ4v) is 5.76. The molecule has 7 heteroatoms. The van der Waals surface area contributed by atoms with Crippen molar-refractivity contribution >= 4 is 17.5 Å². The van der Waals surface area contributed by atoms with Gasteiger partial charge in [0.05, 0.1) is 17.4 Å². The van der Waals surface area contributed by atoms with E-state index >= 15 is 0 Å². The molecule has 37 heavy (non-hydrogen) atoms. The largest absolute Gasteiger partial charge is 0.483 e. The highest BCUT2D eigenvalue weighted by Crippen LogP contribution is 2.32. The van der Waals surface area contributed by atoms with Crippen molar-refractivity contribution in [3.8, 4) is 0 Å². The summed E-state index contributed by atoms with van der Waals surface area (Å²) in [6.07, 6.45) is 11.4. The minimum Gasteiger partial charge on any atom is -0.483 e. The van der Waals surface area contributed by atoms with E-state index in [-0.39, 0.29) is 12.3 Å². The number of benzene rings is 2. The molecule has 6 rings (SSSR count). The Balaban J connectivity index is 0.000000157. The van der Waals surface area contributed by atoms with Crippen molar-refractivity contribution in [3.05, 3.63) is 66.2 Å². The molecule has 1 N–H and O–H groups in total. The Morgan fingerprint density at radius 3 is 2.49 bits per heavy atom. The molecule has 200 valence electrons. The third-order valence-electron chi connectivity index (χ3n) is 8.23. The van der Waals surface area contributed by atoms with Gasteiger partial charge in [-0.3, -0.25) is 4.79 Å². The van der Waals surface area contributed by atoms with E-state index in [2.05, 4.69) is 50.7 Å². The number of carboxylic acid groups (broad SMARTS) is 1. The highest BCUT2D eigenvalue weighted by molar-refractivity contribution is 5.75. The number of hydrogen-bond donors (Lipinski definition) is 1. The molecule has 2 aromatic carbocycles. The zero-order valence-electron chi connectivity index (χ0n) is 22.0. The number of likely N-dealkylation sites (tertiary alicyclic amines) is 2. The number of fused-ring (bicyclic) bond motifs is 1. The maximum Gasteiger partial charge on any atom is 0.290 e. The molecule has 0 bridgehead atoms. The summed E-state index contributed by atoms with van der Waals surface area (Å²) in [6.45, 7) is 5.69. The maximum absolute atomic E-state index is 13.2. The van der Waals surface area contributed by atoms with Crippen LogP contribution in [-0.4, -0.2) is 70.7 Å². The van der Waals surface area contributed by atoms with Gasteiger partial charge in [-0.2, -0.15) is 0 Å². The summed E-state index contributed by atoms with van der Waals surface area (Å²) in [5, 5.41) is 6.89. The Morgan fingerprint density at radius 2 is 1.78 bits per heavy atom. The van der Waals surface area contributed by atoms with E-state index in [1.54, 1.807) is 6.07 Å². The Labute approximate surface area is 220 Å². The fourth-order valence-electron chi connectivity index (χ4n) is 5.76. The summed E-state index contributed by atoms with van der Waals surface area (Å²) in [5.74, 6) is 1.45. The molecule has 1 aliphatic carbocycles. The Kier molecular flexibility index (Phi) is 10.1. The molecule has 3 heterocycles. The van der Waals surface area contributed by atoms with Gasteiger partial charge in [0.15, 0.2) is 0 Å². The SMILES string of the molecule is CN1CCC(n2cnc3ccccc32)CC1.Fc1cccc(C2CCN(CCC3CCC3)C2)c1.O=CO. The minimum absolute atomic E-state index is 0.0968. The summed E-state index contributed by atoms with van der Waals surface area (Å²) >= 11 is 0. The van der Waals surface area contributed by atoms with Crippen LogP contribution in [0.5, 0.6) is 0 Å². The molecule has 0 amide bonds. The lowest BCUT2D eigenvalue weighted by molar-refractivity contribution is -0.122. The van der Waals surface area contributed by atoms with Gasteiger partial charge in [-0.25, -0.2) is 9.37 Å². The van der Waals surface area contributed by atoms with Gasteiger partial charge in [0.2, 0.25) is 0 Å². The van der Waals surface area contributed by atoms with Gasteiger partial charge in [-0.1, -0.05) is 43.5 Å². The summed E-state index contributed by atoms with van der Waals surface area (Å²) in [4.78, 5) is 17.8. The number of hydrogen-bond acceptors (Lipinski definition) is 4. The first kappa shape index (κ1) is 27.3. The molecule has 2 saturated heterocycles. The van der Waals surface area contributed by atoms with E-state index in [1.807, 2.05) is 18.5 Å². The van der Waals surface area contributed by atoms with Crippen molar-refractivity contribution in [1.29, 1.82) is 0 Å². The van der Waals surface area contributed by atoms with Gasteiger partial charge < -0.3 is 19.5 Å². The predicted octanol–water partition coefficient (Wildman–Crippen LogP) is 5.81. The first-order valence-electron chi connectivity index (χ1n) is 13.7. The summed E-state index contributed by atoms with van der Waals surface area (Å²) in [7, 11) is 2.20.